The van der Waals surface area contributed by atoms with E-state index >= 15 is 0 Å². The van der Waals surface area contributed by atoms with Crippen LogP contribution >= 0.6 is 0 Å². The molecule has 2 amide bonds. The maximum absolute atomic E-state index is 14.0. The lowest BCUT2D eigenvalue weighted by Crippen LogP contribution is -2.48. The number of aliphatic hydroxyl groups is 1. The first-order chi connectivity index (χ1) is 20.0. The molecule has 0 aromatic heterocycles. The van der Waals surface area contributed by atoms with Crippen LogP contribution in [0.1, 0.15) is 76.6 Å². The van der Waals surface area contributed by atoms with E-state index in [4.69, 9.17) is 0 Å². The first-order valence-corrected chi connectivity index (χ1v) is 14.7. The summed E-state index contributed by atoms with van der Waals surface area (Å²) in [7, 11) is 0. The Morgan fingerprint density at radius 2 is 1.57 bits per heavy atom. The molecule has 1 heterocycles. The van der Waals surface area contributed by atoms with Gasteiger partial charge in [-0.1, -0.05) is 31.2 Å². The summed E-state index contributed by atoms with van der Waals surface area (Å²) in [6.45, 7) is 8.61. The number of aliphatic hydroxyl groups excluding tert-OH is 1. The summed E-state index contributed by atoms with van der Waals surface area (Å²) >= 11 is 0. The maximum atomic E-state index is 14.0. The van der Waals surface area contributed by atoms with Crippen molar-refractivity contribution in [2.45, 2.75) is 84.2 Å². The number of aryl methyl sites for hydroxylation is 2. The Hall–Kier alpha value is -3.62. The first-order valence-electron chi connectivity index (χ1n) is 14.7. The zero-order valence-electron chi connectivity index (χ0n) is 24.8. The molecule has 1 aliphatic heterocycles. The van der Waals surface area contributed by atoms with Crippen LogP contribution in [-0.2, 0) is 19.4 Å². The van der Waals surface area contributed by atoms with Gasteiger partial charge in [-0.3, -0.25) is 9.59 Å². The van der Waals surface area contributed by atoms with Crippen molar-refractivity contribution in [2.24, 2.45) is 0 Å². The van der Waals surface area contributed by atoms with E-state index in [1.165, 1.54) is 17.7 Å². The third-order valence-corrected chi connectivity index (χ3v) is 8.01. The van der Waals surface area contributed by atoms with E-state index < -0.39 is 29.7 Å². The minimum Gasteiger partial charge on any atom is -0.390 e. The van der Waals surface area contributed by atoms with Gasteiger partial charge in [0.15, 0.2) is 0 Å². The highest BCUT2D eigenvalue weighted by atomic mass is 19.1. The van der Waals surface area contributed by atoms with Gasteiger partial charge in [0.25, 0.3) is 11.8 Å². The molecule has 0 radical (unpaired) electrons. The number of carbonyl (C=O) groups is 2. The van der Waals surface area contributed by atoms with Gasteiger partial charge < -0.3 is 20.6 Å². The molecule has 4 atom stereocenters. The molecule has 0 bridgehead atoms. The highest BCUT2D eigenvalue weighted by Gasteiger charge is 2.32. The van der Waals surface area contributed by atoms with Crippen LogP contribution in [0.2, 0.25) is 0 Å². The van der Waals surface area contributed by atoms with Gasteiger partial charge in [0.05, 0.1) is 12.1 Å². The monoisotopic (exact) mass is 577 g/mol. The Morgan fingerprint density at radius 1 is 0.929 bits per heavy atom. The number of halogens is 2. The molecule has 3 aromatic rings. The van der Waals surface area contributed by atoms with Crippen LogP contribution in [0.25, 0.3) is 0 Å². The fourth-order valence-electron chi connectivity index (χ4n) is 5.77. The second kappa shape index (κ2) is 14.0. The third kappa shape index (κ3) is 8.01. The molecule has 0 unspecified atom stereocenters. The number of benzene rings is 3. The summed E-state index contributed by atoms with van der Waals surface area (Å²) in [5.41, 5.74) is 4.05. The number of rotatable bonds is 11. The van der Waals surface area contributed by atoms with Crippen LogP contribution in [0.5, 0.6) is 0 Å². The van der Waals surface area contributed by atoms with Gasteiger partial charge in [0.1, 0.15) is 11.6 Å². The van der Waals surface area contributed by atoms with Crippen molar-refractivity contribution < 1.29 is 23.5 Å². The zero-order valence-corrected chi connectivity index (χ0v) is 24.8. The lowest BCUT2D eigenvalue weighted by atomic mass is 9.99. The number of nitrogens with one attached hydrogen (secondary N) is 2. The Bertz CT molecular complexity index is 1380. The topological polar surface area (TPSA) is 81.7 Å². The predicted octanol–water partition coefficient (Wildman–Crippen LogP) is 5.34. The molecular formula is C34H41F2N3O3. The standard InChI is InChI=1S/C34H41F2N3O3/c1-5-24-7-6-8-25(13-24)19-37-20-32(40)31(16-26-14-29(35)18-30(36)15-26)38-33(41)27-11-21(2)12-28(17-27)34(42)39-22(3)9-10-23(39)4/h6-8,11-15,17-18,22-23,31-32,37,40H,5,9-10,16,19-20H2,1-4H3,(H,38,41)/t22-,23-,31+,32-/m1/s1. The van der Waals surface area contributed by atoms with Gasteiger partial charge in [-0.05, 0) is 99.0 Å². The Labute approximate surface area is 247 Å². The predicted molar refractivity (Wildman–Crippen MR) is 160 cm³/mol. The van der Waals surface area contributed by atoms with E-state index in [1.807, 2.05) is 37.8 Å². The lowest BCUT2D eigenvalue weighted by molar-refractivity contribution is 0.0692. The van der Waals surface area contributed by atoms with Crippen LogP contribution in [0.3, 0.4) is 0 Å². The number of amides is 2. The van der Waals surface area contributed by atoms with Gasteiger partial charge in [-0.2, -0.15) is 0 Å². The van der Waals surface area contributed by atoms with E-state index in [-0.39, 0.29) is 36.5 Å². The zero-order chi connectivity index (χ0) is 30.4. The molecule has 8 heteroatoms. The van der Waals surface area contributed by atoms with E-state index in [0.717, 1.165) is 36.5 Å². The van der Waals surface area contributed by atoms with Crippen molar-refractivity contribution in [1.29, 1.82) is 0 Å². The number of hydrogen-bond donors (Lipinski definition) is 3. The average Bonchev–Trinajstić information content (AvgIpc) is 3.28. The molecule has 1 aliphatic rings. The molecule has 0 saturated carbocycles. The normalized spacial score (nSPS) is 18.1. The highest BCUT2D eigenvalue weighted by molar-refractivity contribution is 6.00. The summed E-state index contributed by atoms with van der Waals surface area (Å²) in [5.74, 6) is -2.06. The summed E-state index contributed by atoms with van der Waals surface area (Å²) < 4.78 is 27.9. The van der Waals surface area contributed by atoms with Gasteiger partial charge in [0, 0.05) is 42.4 Å². The van der Waals surface area contributed by atoms with Crippen molar-refractivity contribution in [2.75, 3.05) is 6.54 Å². The molecule has 1 fully saturated rings. The van der Waals surface area contributed by atoms with E-state index in [1.54, 1.807) is 18.2 Å². The minimum atomic E-state index is -1.06. The van der Waals surface area contributed by atoms with Crippen LogP contribution in [0, 0.1) is 18.6 Å². The van der Waals surface area contributed by atoms with Gasteiger partial charge in [0.2, 0.25) is 0 Å². The molecule has 3 N–H and O–H groups in total. The summed E-state index contributed by atoms with van der Waals surface area (Å²) in [5, 5.41) is 17.3. The average molecular weight is 578 g/mol. The first kappa shape index (κ1) is 31.3. The van der Waals surface area contributed by atoms with Gasteiger partial charge in [-0.25, -0.2) is 8.78 Å². The lowest BCUT2D eigenvalue weighted by Gasteiger charge is -2.27. The van der Waals surface area contributed by atoms with Crippen molar-refractivity contribution in [3.8, 4) is 0 Å². The van der Waals surface area contributed by atoms with Crippen molar-refractivity contribution in [1.82, 2.24) is 15.5 Å². The highest BCUT2D eigenvalue weighted by Crippen LogP contribution is 2.26. The molecule has 224 valence electrons. The van der Waals surface area contributed by atoms with Crippen LogP contribution in [-0.4, -0.2) is 52.6 Å². The quantitative estimate of drug-likeness (QED) is 0.287. The molecular weight excluding hydrogens is 536 g/mol. The van der Waals surface area contributed by atoms with Crippen molar-refractivity contribution in [3.63, 3.8) is 0 Å². The molecule has 4 rings (SSSR count). The van der Waals surface area contributed by atoms with Crippen LogP contribution in [0.15, 0.2) is 60.7 Å². The summed E-state index contributed by atoms with van der Waals surface area (Å²) in [4.78, 5) is 28.8. The van der Waals surface area contributed by atoms with Crippen LogP contribution < -0.4 is 10.6 Å². The minimum absolute atomic E-state index is 0.00893. The second-order valence-electron chi connectivity index (χ2n) is 11.5. The third-order valence-electron chi connectivity index (χ3n) is 8.01. The largest absolute Gasteiger partial charge is 0.390 e. The maximum Gasteiger partial charge on any atom is 0.254 e. The fourth-order valence-corrected chi connectivity index (χ4v) is 5.77. The molecule has 0 aliphatic carbocycles. The summed E-state index contributed by atoms with van der Waals surface area (Å²) in [6, 6.07) is 15.7. The SMILES string of the molecule is CCc1cccc(CNC[C@@H](O)[C@H](Cc2cc(F)cc(F)c2)NC(=O)c2cc(C)cc(C(=O)N3[C@H](C)CC[C@H]3C)c2)c1. The molecule has 42 heavy (non-hydrogen) atoms. The van der Waals surface area contributed by atoms with Crippen molar-refractivity contribution >= 4 is 11.8 Å². The molecule has 0 spiro atoms. The molecule has 3 aromatic carbocycles. The molecule has 1 saturated heterocycles. The number of carbonyl (C=O) groups excluding carboxylic acids is 2. The van der Waals surface area contributed by atoms with E-state index in [2.05, 4.69) is 29.7 Å². The Kier molecular flexibility index (Phi) is 10.5. The number of nitrogens with zero attached hydrogens (tertiary/aromatic N) is 1. The number of likely N-dealkylation sites (tertiary alicyclic amines) is 1. The van der Waals surface area contributed by atoms with E-state index in [0.29, 0.717) is 17.7 Å². The Balaban J connectivity index is 1.52. The van der Waals surface area contributed by atoms with Gasteiger partial charge in [-0.15, -0.1) is 0 Å². The van der Waals surface area contributed by atoms with Crippen LogP contribution in [0.4, 0.5) is 8.78 Å². The Morgan fingerprint density at radius 3 is 2.24 bits per heavy atom. The smallest absolute Gasteiger partial charge is 0.254 e. The second-order valence-corrected chi connectivity index (χ2v) is 11.5. The number of hydrogen-bond acceptors (Lipinski definition) is 4. The molecule has 6 nitrogen and oxygen atoms in total. The van der Waals surface area contributed by atoms with Crippen molar-refractivity contribution in [3.05, 3.63) is 106 Å². The van der Waals surface area contributed by atoms with E-state index in [9.17, 15) is 23.5 Å². The van der Waals surface area contributed by atoms with Gasteiger partial charge >= 0.3 is 0 Å². The fraction of sp³-hybridized carbons (Fsp3) is 0.412. The summed E-state index contributed by atoms with van der Waals surface area (Å²) in [6.07, 6.45) is 1.73.